The number of hydrogen-bond donors (Lipinski definition) is 2. The van der Waals surface area contributed by atoms with Gasteiger partial charge in [-0.05, 0) is 40.8 Å². The van der Waals surface area contributed by atoms with Crippen LogP contribution in [0.2, 0.25) is 0 Å². The molecule has 0 spiro atoms. The number of aliphatic hydroxyl groups excluding tert-OH is 1. The normalized spacial score (nSPS) is 15.7. The average molecular weight is 264 g/mol. The lowest BCUT2D eigenvalue weighted by atomic mass is 10.1. The van der Waals surface area contributed by atoms with E-state index in [1.54, 1.807) is 11.3 Å². The van der Waals surface area contributed by atoms with Gasteiger partial charge in [-0.1, -0.05) is 6.92 Å². The van der Waals surface area contributed by atoms with Crippen LogP contribution in [0.3, 0.4) is 0 Å². The van der Waals surface area contributed by atoms with Gasteiger partial charge in [0.25, 0.3) is 0 Å². The van der Waals surface area contributed by atoms with E-state index in [1.165, 1.54) is 0 Å². The van der Waals surface area contributed by atoms with E-state index in [2.05, 4.69) is 21.2 Å². The Kier molecular flexibility index (Phi) is 4.38. The van der Waals surface area contributed by atoms with E-state index in [-0.39, 0.29) is 6.04 Å². The Morgan fingerprint density at radius 2 is 2.38 bits per heavy atom. The molecule has 0 aliphatic rings. The lowest BCUT2D eigenvalue weighted by molar-refractivity contribution is 0.140. The fourth-order valence-electron chi connectivity index (χ4n) is 1.18. The first-order valence-electron chi connectivity index (χ1n) is 4.31. The quantitative estimate of drug-likeness (QED) is 0.876. The molecule has 0 saturated heterocycles. The van der Waals surface area contributed by atoms with Crippen molar-refractivity contribution in [1.29, 1.82) is 0 Å². The molecule has 0 fully saturated rings. The maximum atomic E-state index is 9.91. The van der Waals surface area contributed by atoms with Gasteiger partial charge in [0.2, 0.25) is 0 Å². The highest BCUT2D eigenvalue weighted by Crippen LogP contribution is 2.30. The smallest absolute Gasteiger partial charge is 0.104 e. The Morgan fingerprint density at radius 3 is 2.85 bits per heavy atom. The molecule has 1 heterocycles. The molecular formula is C9H14BrNOS. The predicted molar refractivity (Wildman–Crippen MR) is 60.1 cm³/mol. The molecule has 13 heavy (non-hydrogen) atoms. The summed E-state index contributed by atoms with van der Waals surface area (Å²) in [5.74, 6) is 0. The van der Waals surface area contributed by atoms with E-state index in [0.29, 0.717) is 0 Å². The lowest BCUT2D eigenvalue weighted by Gasteiger charge is -2.18. The van der Waals surface area contributed by atoms with Crippen LogP contribution >= 0.6 is 27.3 Å². The molecule has 2 atom stereocenters. The average Bonchev–Trinajstić information content (AvgIpc) is 2.50. The van der Waals surface area contributed by atoms with Gasteiger partial charge >= 0.3 is 0 Å². The number of likely N-dealkylation sites (N-methyl/N-ethyl adjacent to an activating group) is 1. The summed E-state index contributed by atoms with van der Waals surface area (Å²) in [7, 11) is 0. The Bertz CT molecular complexity index is 264. The second kappa shape index (κ2) is 5.10. The predicted octanol–water partition coefficient (Wildman–Crippen LogP) is 2.54. The van der Waals surface area contributed by atoms with Crippen LogP contribution in [0.25, 0.3) is 0 Å². The van der Waals surface area contributed by atoms with Crippen molar-refractivity contribution in [3.8, 4) is 0 Å². The van der Waals surface area contributed by atoms with Crippen molar-refractivity contribution < 1.29 is 5.11 Å². The van der Waals surface area contributed by atoms with Crippen molar-refractivity contribution in [1.82, 2.24) is 5.32 Å². The van der Waals surface area contributed by atoms with Gasteiger partial charge in [0.1, 0.15) is 6.10 Å². The number of thiophene rings is 1. The van der Waals surface area contributed by atoms with Crippen LogP contribution in [0, 0.1) is 0 Å². The molecule has 0 bridgehead atoms. The summed E-state index contributed by atoms with van der Waals surface area (Å²) in [6.07, 6.45) is -0.422. The number of hydrogen-bond acceptors (Lipinski definition) is 3. The zero-order chi connectivity index (χ0) is 9.84. The highest BCUT2D eigenvalue weighted by molar-refractivity contribution is 9.10. The van der Waals surface area contributed by atoms with Crippen LogP contribution in [0.1, 0.15) is 24.8 Å². The van der Waals surface area contributed by atoms with E-state index >= 15 is 0 Å². The summed E-state index contributed by atoms with van der Waals surface area (Å²) < 4.78 is 0.995. The minimum Gasteiger partial charge on any atom is -0.386 e. The van der Waals surface area contributed by atoms with Gasteiger partial charge in [0, 0.05) is 15.4 Å². The Balaban J connectivity index is 2.67. The number of aliphatic hydroxyl groups is 1. The van der Waals surface area contributed by atoms with Crippen molar-refractivity contribution in [2.45, 2.75) is 26.0 Å². The largest absolute Gasteiger partial charge is 0.386 e. The van der Waals surface area contributed by atoms with Crippen LogP contribution in [-0.4, -0.2) is 17.7 Å². The van der Waals surface area contributed by atoms with E-state index in [1.807, 2.05) is 25.3 Å². The van der Waals surface area contributed by atoms with Crippen molar-refractivity contribution >= 4 is 27.3 Å². The molecule has 0 saturated carbocycles. The second-order valence-corrected chi connectivity index (χ2v) is 4.73. The zero-order valence-corrected chi connectivity index (χ0v) is 10.2. The van der Waals surface area contributed by atoms with Crippen molar-refractivity contribution in [2.75, 3.05) is 6.54 Å². The monoisotopic (exact) mass is 263 g/mol. The molecule has 0 radical (unpaired) electrons. The van der Waals surface area contributed by atoms with Gasteiger partial charge in [-0.25, -0.2) is 0 Å². The maximum Gasteiger partial charge on any atom is 0.104 e. The molecule has 2 N–H and O–H groups in total. The molecule has 0 aliphatic carbocycles. The third-order valence-electron chi connectivity index (χ3n) is 1.91. The highest BCUT2D eigenvalue weighted by Gasteiger charge is 2.18. The molecule has 2 nitrogen and oxygen atoms in total. The Morgan fingerprint density at radius 1 is 1.69 bits per heavy atom. The van der Waals surface area contributed by atoms with Crippen LogP contribution in [0.5, 0.6) is 0 Å². The molecule has 0 amide bonds. The van der Waals surface area contributed by atoms with Gasteiger partial charge in [-0.3, -0.25) is 0 Å². The molecule has 1 rings (SSSR count). The van der Waals surface area contributed by atoms with Crippen LogP contribution in [0.15, 0.2) is 15.9 Å². The number of rotatable bonds is 4. The van der Waals surface area contributed by atoms with E-state index in [4.69, 9.17) is 0 Å². The molecule has 4 heteroatoms. The SMILES string of the molecule is CCNC(C)C(O)c1sccc1Br. The second-order valence-electron chi connectivity index (χ2n) is 2.92. The van der Waals surface area contributed by atoms with E-state index in [9.17, 15) is 5.11 Å². The fourth-order valence-corrected chi connectivity index (χ4v) is 2.87. The van der Waals surface area contributed by atoms with Crippen molar-refractivity contribution in [2.24, 2.45) is 0 Å². The first kappa shape index (κ1) is 11.2. The fraction of sp³-hybridized carbons (Fsp3) is 0.556. The minimum atomic E-state index is -0.422. The molecule has 1 aromatic heterocycles. The lowest BCUT2D eigenvalue weighted by Crippen LogP contribution is -2.31. The van der Waals surface area contributed by atoms with Crippen molar-refractivity contribution in [3.63, 3.8) is 0 Å². The van der Waals surface area contributed by atoms with Gasteiger partial charge in [-0.15, -0.1) is 11.3 Å². The summed E-state index contributed by atoms with van der Waals surface area (Å²) in [5, 5.41) is 15.1. The first-order chi connectivity index (χ1) is 6.16. The highest BCUT2D eigenvalue weighted by atomic mass is 79.9. The standard InChI is InChI=1S/C9H14BrNOS/c1-3-11-6(2)8(12)9-7(10)4-5-13-9/h4-6,8,11-12H,3H2,1-2H3. The van der Waals surface area contributed by atoms with E-state index in [0.717, 1.165) is 15.9 Å². The number of nitrogens with one attached hydrogen (secondary N) is 1. The topological polar surface area (TPSA) is 32.3 Å². The molecular weight excluding hydrogens is 250 g/mol. The van der Waals surface area contributed by atoms with Gasteiger partial charge in [0.05, 0.1) is 0 Å². The minimum absolute atomic E-state index is 0.0972. The van der Waals surface area contributed by atoms with Crippen LogP contribution < -0.4 is 5.32 Å². The molecule has 0 aromatic carbocycles. The summed E-state index contributed by atoms with van der Waals surface area (Å²) in [5.41, 5.74) is 0. The molecule has 0 aliphatic heterocycles. The summed E-state index contributed by atoms with van der Waals surface area (Å²) >= 11 is 4.98. The zero-order valence-electron chi connectivity index (χ0n) is 7.75. The summed E-state index contributed by atoms with van der Waals surface area (Å²) in [6, 6.07) is 2.06. The summed E-state index contributed by atoms with van der Waals surface area (Å²) in [4.78, 5) is 0.994. The van der Waals surface area contributed by atoms with Gasteiger partial charge in [-0.2, -0.15) is 0 Å². The van der Waals surface area contributed by atoms with Gasteiger partial charge in [0.15, 0.2) is 0 Å². The Hall–Kier alpha value is 0.100. The summed E-state index contributed by atoms with van der Waals surface area (Å²) in [6.45, 7) is 4.90. The third kappa shape index (κ3) is 2.77. The first-order valence-corrected chi connectivity index (χ1v) is 5.98. The Labute approximate surface area is 91.1 Å². The third-order valence-corrected chi connectivity index (χ3v) is 3.85. The van der Waals surface area contributed by atoms with Crippen molar-refractivity contribution in [3.05, 3.63) is 20.8 Å². The maximum absolute atomic E-state index is 9.91. The van der Waals surface area contributed by atoms with E-state index < -0.39 is 6.10 Å². The number of halogens is 1. The van der Waals surface area contributed by atoms with Crippen LogP contribution in [-0.2, 0) is 0 Å². The molecule has 2 unspecified atom stereocenters. The van der Waals surface area contributed by atoms with Gasteiger partial charge < -0.3 is 10.4 Å². The molecule has 1 aromatic rings. The van der Waals surface area contributed by atoms with Crippen LogP contribution in [0.4, 0.5) is 0 Å². The molecule has 74 valence electrons.